The molecule has 0 aromatic rings. The lowest BCUT2D eigenvalue weighted by Gasteiger charge is -2.12. The first-order chi connectivity index (χ1) is 12.0. The van der Waals surface area contributed by atoms with Gasteiger partial charge in [0.25, 0.3) is 0 Å². The number of rotatable bonds is 15. The standard InChI is InChI=1S/C16H32F3N3O3/c1-3-5-9-23-12-13-24-11-8-22-15(20-4-2)21-7-6-10-25-14-16(17,18)19/h3-14H2,1-2H3,(H2,20,21,22). The first-order valence-corrected chi connectivity index (χ1v) is 8.81. The van der Waals surface area contributed by atoms with Gasteiger partial charge in [0.15, 0.2) is 5.96 Å². The van der Waals surface area contributed by atoms with E-state index in [9.17, 15) is 13.2 Å². The largest absolute Gasteiger partial charge is 0.411 e. The van der Waals surface area contributed by atoms with Gasteiger partial charge in [-0.25, -0.2) is 0 Å². The maximum Gasteiger partial charge on any atom is 0.411 e. The quantitative estimate of drug-likeness (QED) is 0.263. The third kappa shape index (κ3) is 19.1. The van der Waals surface area contributed by atoms with Gasteiger partial charge < -0.3 is 24.8 Å². The normalized spacial score (nSPS) is 12.4. The van der Waals surface area contributed by atoms with Gasteiger partial charge in [-0.2, -0.15) is 13.2 Å². The molecule has 2 N–H and O–H groups in total. The smallest absolute Gasteiger partial charge is 0.379 e. The van der Waals surface area contributed by atoms with Crippen molar-refractivity contribution in [3.8, 4) is 0 Å². The van der Waals surface area contributed by atoms with Crippen molar-refractivity contribution in [2.45, 2.75) is 39.3 Å². The first kappa shape index (κ1) is 23.9. The number of alkyl halides is 3. The molecule has 0 fully saturated rings. The lowest BCUT2D eigenvalue weighted by Crippen LogP contribution is -2.39. The Morgan fingerprint density at radius 3 is 2.20 bits per heavy atom. The monoisotopic (exact) mass is 371 g/mol. The summed E-state index contributed by atoms with van der Waals surface area (Å²) in [5.41, 5.74) is 0. The van der Waals surface area contributed by atoms with E-state index in [4.69, 9.17) is 9.47 Å². The average molecular weight is 371 g/mol. The van der Waals surface area contributed by atoms with Gasteiger partial charge in [-0.05, 0) is 19.8 Å². The van der Waals surface area contributed by atoms with E-state index in [1.165, 1.54) is 0 Å². The fraction of sp³-hybridized carbons (Fsp3) is 0.938. The van der Waals surface area contributed by atoms with Gasteiger partial charge in [-0.3, -0.25) is 4.99 Å². The van der Waals surface area contributed by atoms with Gasteiger partial charge >= 0.3 is 6.18 Å². The minimum absolute atomic E-state index is 0.0313. The van der Waals surface area contributed by atoms with Crippen LogP contribution in [0.2, 0.25) is 0 Å². The summed E-state index contributed by atoms with van der Waals surface area (Å²) in [6.45, 7) is 6.98. The van der Waals surface area contributed by atoms with Crippen LogP contribution in [0.15, 0.2) is 4.99 Å². The van der Waals surface area contributed by atoms with Gasteiger partial charge in [0.1, 0.15) is 6.61 Å². The fourth-order valence-electron chi connectivity index (χ4n) is 1.70. The van der Waals surface area contributed by atoms with Crippen LogP contribution in [0.25, 0.3) is 0 Å². The predicted molar refractivity (Wildman–Crippen MR) is 92.0 cm³/mol. The second kappa shape index (κ2) is 16.4. The van der Waals surface area contributed by atoms with E-state index in [1.54, 1.807) is 0 Å². The van der Waals surface area contributed by atoms with Crippen LogP contribution in [0.1, 0.15) is 33.1 Å². The number of aliphatic imine (C=N–C) groups is 1. The molecule has 0 spiro atoms. The van der Waals surface area contributed by atoms with Gasteiger partial charge in [0, 0.05) is 32.8 Å². The molecule has 0 unspecified atom stereocenters. The zero-order valence-electron chi connectivity index (χ0n) is 15.3. The van der Waals surface area contributed by atoms with Crippen LogP contribution >= 0.6 is 0 Å². The van der Waals surface area contributed by atoms with E-state index in [1.807, 2.05) is 6.92 Å². The number of hydrogen-bond donors (Lipinski definition) is 2. The van der Waals surface area contributed by atoms with Crippen molar-refractivity contribution < 1.29 is 27.4 Å². The first-order valence-electron chi connectivity index (χ1n) is 8.81. The maximum absolute atomic E-state index is 11.9. The van der Waals surface area contributed by atoms with E-state index < -0.39 is 12.8 Å². The predicted octanol–water partition coefficient (Wildman–Crippen LogP) is 2.34. The lowest BCUT2D eigenvalue weighted by molar-refractivity contribution is -0.173. The molecule has 0 heterocycles. The second-order valence-electron chi connectivity index (χ2n) is 5.29. The molecule has 0 aromatic heterocycles. The Hall–Kier alpha value is -1.06. The number of hydrogen-bond acceptors (Lipinski definition) is 4. The molecule has 150 valence electrons. The minimum Gasteiger partial charge on any atom is -0.379 e. The maximum atomic E-state index is 11.9. The molecule has 0 rings (SSSR count). The summed E-state index contributed by atoms with van der Waals surface area (Å²) in [6, 6.07) is 0. The Morgan fingerprint density at radius 2 is 1.56 bits per heavy atom. The highest BCUT2D eigenvalue weighted by Crippen LogP contribution is 2.14. The molecule has 0 aliphatic carbocycles. The highest BCUT2D eigenvalue weighted by molar-refractivity contribution is 5.79. The molecule has 0 aliphatic heterocycles. The van der Waals surface area contributed by atoms with Crippen LogP contribution in [0.4, 0.5) is 13.2 Å². The highest BCUT2D eigenvalue weighted by atomic mass is 19.4. The zero-order valence-corrected chi connectivity index (χ0v) is 15.3. The molecular formula is C16H32F3N3O3. The van der Waals surface area contributed by atoms with Crippen molar-refractivity contribution in [1.82, 2.24) is 10.6 Å². The van der Waals surface area contributed by atoms with Gasteiger partial charge in [-0.1, -0.05) is 13.3 Å². The molecule has 0 saturated heterocycles. The van der Waals surface area contributed by atoms with Crippen LogP contribution in [0.3, 0.4) is 0 Å². The molecule has 6 nitrogen and oxygen atoms in total. The molecular weight excluding hydrogens is 339 g/mol. The molecule has 9 heteroatoms. The van der Waals surface area contributed by atoms with E-state index in [0.717, 1.165) is 19.4 Å². The molecule has 0 aliphatic rings. The molecule has 0 aromatic carbocycles. The van der Waals surface area contributed by atoms with E-state index in [2.05, 4.69) is 27.3 Å². The van der Waals surface area contributed by atoms with Crippen molar-refractivity contribution in [2.24, 2.45) is 4.99 Å². The number of unbranched alkanes of at least 4 members (excludes halogenated alkanes) is 1. The van der Waals surface area contributed by atoms with Crippen LogP contribution in [0.5, 0.6) is 0 Å². The lowest BCUT2D eigenvalue weighted by atomic mass is 10.4. The van der Waals surface area contributed by atoms with Gasteiger partial charge in [0.05, 0.1) is 19.8 Å². The molecule has 0 atom stereocenters. The third-order valence-electron chi connectivity index (χ3n) is 2.88. The van der Waals surface area contributed by atoms with Crippen LogP contribution in [0, 0.1) is 0 Å². The second-order valence-corrected chi connectivity index (χ2v) is 5.29. The number of nitrogens with zero attached hydrogens (tertiary/aromatic N) is 1. The molecule has 25 heavy (non-hydrogen) atoms. The van der Waals surface area contributed by atoms with Crippen LogP contribution in [-0.4, -0.2) is 71.4 Å². The number of ether oxygens (including phenoxy) is 3. The zero-order chi connectivity index (χ0) is 18.8. The van der Waals surface area contributed by atoms with Crippen LogP contribution in [-0.2, 0) is 14.2 Å². The van der Waals surface area contributed by atoms with Crippen LogP contribution < -0.4 is 10.6 Å². The molecule has 0 amide bonds. The van der Waals surface area contributed by atoms with Crippen molar-refractivity contribution in [3.63, 3.8) is 0 Å². The fourth-order valence-corrected chi connectivity index (χ4v) is 1.70. The topological polar surface area (TPSA) is 64.1 Å². The molecule has 0 radical (unpaired) electrons. The van der Waals surface area contributed by atoms with Crippen molar-refractivity contribution in [3.05, 3.63) is 0 Å². The van der Waals surface area contributed by atoms with Crippen molar-refractivity contribution in [1.29, 1.82) is 0 Å². The summed E-state index contributed by atoms with van der Waals surface area (Å²) < 4.78 is 51.1. The summed E-state index contributed by atoms with van der Waals surface area (Å²) in [7, 11) is 0. The number of guanidine groups is 1. The summed E-state index contributed by atoms with van der Waals surface area (Å²) in [6.07, 6.45) is -1.67. The Morgan fingerprint density at radius 1 is 0.880 bits per heavy atom. The van der Waals surface area contributed by atoms with Gasteiger partial charge in [0.2, 0.25) is 0 Å². The van der Waals surface area contributed by atoms with Gasteiger partial charge in [-0.15, -0.1) is 0 Å². The summed E-state index contributed by atoms with van der Waals surface area (Å²) >= 11 is 0. The minimum atomic E-state index is -4.28. The van der Waals surface area contributed by atoms with Crippen molar-refractivity contribution >= 4 is 5.96 Å². The van der Waals surface area contributed by atoms with E-state index in [0.29, 0.717) is 51.8 Å². The summed E-state index contributed by atoms with van der Waals surface area (Å²) in [5, 5.41) is 6.16. The van der Waals surface area contributed by atoms with E-state index >= 15 is 0 Å². The number of nitrogens with one attached hydrogen (secondary N) is 2. The Kier molecular flexibility index (Phi) is 15.7. The Bertz CT molecular complexity index is 329. The molecule has 0 saturated carbocycles. The SMILES string of the molecule is CCCCOCCOCCNC(=NCCCOCC(F)(F)F)NCC. The molecule has 0 bridgehead atoms. The Labute approximate surface area is 148 Å². The Balaban J connectivity index is 3.65. The third-order valence-corrected chi connectivity index (χ3v) is 2.88. The number of halogens is 3. The highest BCUT2D eigenvalue weighted by Gasteiger charge is 2.27. The summed E-state index contributed by atoms with van der Waals surface area (Å²) in [5.74, 6) is 0.612. The summed E-state index contributed by atoms with van der Waals surface area (Å²) in [4.78, 5) is 4.27. The van der Waals surface area contributed by atoms with E-state index in [-0.39, 0.29) is 6.61 Å². The van der Waals surface area contributed by atoms with Crippen molar-refractivity contribution in [2.75, 3.05) is 59.3 Å². The average Bonchev–Trinajstić information content (AvgIpc) is 2.55.